The van der Waals surface area contributed by atoms with Crippen molar-refractivity contribution < 1.29 is 23.9 Å². The summed E-state index contributed by atoms with van der Waals surface area (Å²) >= 11 is 0. The zero-order chi connectivity index (χ0) is 22.7. The third kappa shape index (κ3) is 4.05. The van der Waals surface area contributed by atoms with Crippen LogP contribution in [0.25, 0.3) is 0 Å². The lowest BCUT2D eigenvalue weighted by Crippen LogP contribution is -2.48. The topological polar surface area (TPSA) is 84.9 Å². The van der Waals surface area contributed by atoms with E-state index in [0.29, 0.717) is 28.3 Å². The molecule has 0 aliphatic carbocycles. The molecule has 0 saturated heterocycles. The van der Waals surface area contributed by atoms with E-state index in [9.17, 15) is 14.4 Å². The first-order chi connectivity index (χ1) is 15.5. The van der Waals surface area contributed by atoms with E-state index in [1.54, 1.807) is 42.5 Å². The molecule has 1 heterocycles. The van der Waals surface area contributed by atoms with E-state index >= 15 is 0 Å². The Morgan fingerprint density at radius 2 is 1.38 bits per heavy atom. The van der Waals surface area contributed by atoms with Crippen molar-refractivity contribution in [2.75, 3.05) is 19.5 Å². The van der Waals surface area contributed by atoms with Crippen LogP contribution in [0.4, 0.5) is 5.69 Å². The number of fused-ring (bicyclic) bond motifs is 1. The molecule has 0 saturated carbocycles. The highest BCUT2D eigenvalue weighted by Crippen LogP contribution is 2.29. The minimum Gasteiger partial charge on any atom is -0.497 e. The number of hydrogen-bond acceptors (Lipinski definition) is 5. The molecule has 1 N–H and O–H groups in total. The molecule has 0 unspecified atom stereocenters. The minimum atomic E-state index is -1.04. The Bertz CT molecular complexity index is 1120. The lowest BCUT2D eigenvalue weighted by atomic mass is 10.0. The fourth-order valence-corrected chi connectivity index (χ4v) is 3.73. The number of nitrogens with one attached hydrogen (secondary N) is 1. The number of anilines is 1. The minimum absolute atomic E-state index is 0.180. The van der Waals surface area contributed by atoms with Crippen LogP contribution in [0, 0.1) is 0 Å². The molecular weight excluding hydrogens is 408 g/mol. The van der Waals surface area contributed by atoms with E-state index in [2.05, 4.69) is 5.32 Å². The lowest BCUT2D eigenvalue weighted by molar-refractivity contribution is -0.119. The van der Waals surface area contributed by atoms with Crippen LogP contribution >= 0.6 is 0 Å². The van der Waals surface area contributed by atoms with Gasteiger partial charge >= 0.3 is 0 Å². The summed E-state index contributed by atoms with van der Waals surface area (Å²) in [6, 6.07) is 19.8. The number of carbonyl (C=O) groups excluding carboxylic acids is 3. The third-order valence-electron chi connectivity index (χ3n) is 5.33. The maximum atomic E-state index is 13.4. The summed E-state index contributed by atoms with van der Waals surface area (Å²) in [6.45, 7) is 0. The molecule has 0 fully saturated rings. The van der Waals surface area contributed by atoms with Gasteiger partial charge in [-0.3, -0.25) is 19.3 Å². The van der Waals surface area contributed by atoms with Crippen LogP contribution < -0.4 is 14.8 Å². The molecule has 3 aromatic carbocycles. The maximum absolute atomic E-state index is 13.4. The first-order valence-electron chi connectivity index (χ1n) is 10.1. The zero-order valence-corrected chi connectivity index (χ0v) is 17.7. The molecule has 3 aromatic rings. The SMILES string of the molecule is COc1cc(NC(=O)[C@@H](Cc2ccccc2)N2C(=O)c3ccccc3C2=O)cc(OC)c1. The molecule has 0 radical (unpaired) electrons. The van der Waals surface area contributed by atoms with Gasteiger partial charge in [-0.2, -0.15) is 0 Å². The van der Waals surface area contributed by atoms with Gasteiger partial charge in [0.25, 0.3) is 11.8 Å². The summed E-state index contributed by atoms with van der Waals surface area (Å²) < 4.78 is 10.5. The van der Waals surface area contributed by atoms with Gasteiger partial charge < -0.3 is 14.8 Å². The van der Waals surface area contributed by atoms with E-state index in [-0.39, 0.29) is 6.42 Å². The zero-order valence-electron chi connectivity index (χ0n) is 17.7. The molecule has 7 heteroatoms. The number of hydrogen-bond donors (Lipinski definition) is 1. The smallest absolute Gasteiger partial charge is 0.262 e. The number of amides is 3. The number of benzene rings is 3. The van der Waals surface area contributed by atoms with Crippen LogP contribution in [0.1, 0.15) is 26.3 Å². The fraction of sp³-hybridized carbons (Fsp3) is 0.160. The number of methoxy groups -OCH3 is 2. The van der Waals surface area contributed by atoms with Crippen LogP contribution in [-0.4, -0.2) is 42.9 Å². The van der Waals surface area contributed by atoms with Crippen molar-refractivity contribution >= 4 is 23.4 Å². The predicted octanol–water partition coefficient (Wildman–Crippen LogP) is 3.55. The van der Waals surface area contributed by atoms with Crippen molar-refractivity contribution in [2.24, 2.45) is 0 Å². The largest absolute Gasteiger partial charge is 0.497 e. The van der Waals surface area contributed by atoms with E-state index in [4.69, 9.17) is 9.47 Å². The highest BCUT2D eigenvalue weighted by atomic mass is 16.5. The number of imide groups is 1. The highest BCUT2D eigenvalue weighted by Gasteiger charge is 2.42. The molecule has 1 aliphatic rings. The predicted molar refractivity (Wildman–Crippen MR) is 119 cm³/mol. The second kappa shape index (κ2) is 8.93. The summed E-state index contributed by atoms with van der Waals surface area (Å²) in [5.74, 6) is -0.451. The summed E-state index contributed by atoms with van der Waals surface area (Å²) in [5, 5.41) is 2.81. The van der Waals surface area contributed by atoms with Crippen molar-refractivity contribution in [1.82, 2.24) is 4.90 Å². The summed E-state index contributed by atoms with van der Waals surface area (Å²) in [7, 11) is 3.02. The number of rotatable bonds is 7. The quantitative estimate of drug-likeness (QED) is 0.580. The monoisotopic (exact) mass is 430 g/mol. The Hall–Kier alpha value is -4.13. The van der Waals surface area contributed by atoms with E-state index in [1.165, 1.54) is 14.2 Å². The molecule has 7 nitrogen and oxygen atoms in total. The highest BCUT2D eigenvalue weighted by molar-refractivity contribution is 6.23. The second-order valence-corrected chi connectivity index (χ2v) is 7.32. The van der Waals surface area contributed by atoms with Crippen molar-refractivity contribution in [3.63, 3.8) is 0 Å². The first kappa shape index (κ1) is 21.1. The van der Waals surface area contributed by atoms with Gasteiger partial charge in [0.05, 0.1) is 25.3 Å². The first-order valence-corrected chi connectivity index (χ1v) is 10.1. The molecule has 0 spiro atoms. The molecule has 4 rings (SSSR count). The van der Waals surface area contributed by atoms with Gasteiger partial charge in [-0.05, 0) is 17.7 Å². The van der Waals surface area contributed by atoms with Crippen LogP contribution in [0.5, 0.6) is 11.5 Å². The van der Waals surface area contributed by atoms with Crippen LogP contribution in [-0.2, 0) is 11.2 Å². The van der Waals surface area contributed by atoms with Crippen molar-refractivity contribution in [3.8, 4) is 11.5 Å². The third-order valence-corrected chi connectivity index (χ3v) is 5.33. The van der Waals surface area contributed by atoms with Gasteiger partial charge in [0.15, 0.2) is 0 Å². The lowest BCUT2D eigenvalue weighted by Gasteiger charge is -2.25. The second-order valence-electron chi connectivity index (χ2n) is 7.32. The van der Waals surface area contributed by atoms with E-state index < -0.39 is 23.8 Å². The van der Waals surface area contributed by atoms with Gasteiger partial charge in [0.1, 0.15) is 17.5 Å². The summed E-state index contributed by atoms with van der Waals surface area (Å²) in [6.07, 6.45) is 0.180. The summed E-state index contributed by atoms with van der Waals surface area (Å²) in [5.41, 5.74) is 1.85. The van der Waals surface area contributed by atoms with Gasteiger partial charge in [-0.1, -0.05) is 42.5 Å². The van der Waals surface area contributed by atoms with Gasteiger partial charge in [-0.25, -0.2) is 0 Å². The molecule has 1 atom stereocenters. The van der Waals surface area contributed by atoms with Gasteiger partial charge in [0, 0.05) is 30.3 Å². The van der Waals surface area contributed by atoms with Crippen LogP contribution in [0.15, 0.2) is 72.8 Å². The normalized spacial score (nSPS) is 13.5. The standard InChI is InChI=1S/C25H22N2O5/c1-31-18-13-17(14-19(15-18)32-2)26-23(28)22(12-16-8-4-3-5-9-16)27-24(29)20-10-6-7-11-21(20)25(27)30/h3-11,13-15,22H,12H2,1-2H3,(H,26,28)/t22-/m1/s1. The summed E-state index contributed by atoms with van der Waals surface area (Å²) in [4.78, 5) is 40.6. The Balaban J connectivity index is 1.68. The Morgan fingerprint density at radius 3 is 1.91 bits per heavy atom. The van der Waals surface area contributed by atoms with Crippen molar-refractivity contribution in [3.05, 3.63) is 89.5 Å². The van der Waals surface area contributed by atoms with Crippen molar-refractivity contribution in [1.29, 1.82) is 0 Å². The Morgan fingerprint density at radius 1 is 0.844 bits per heavy atom. The number of ether oxygens (including phenoxy) is 2. The number of nitrogens with zero attached hydrogens (tertiary/aromatic N) is 1. The van der Waals surface area contributed by atoms with Gasteiger partial charge in [0.2, 0.25) is 5.91 Å². The fourth-order valence-electron chi connectivity index (χ4n) is 3.73. The Kier molecular flexibility index (Phi) is 5.89. The molecule has 1 aliphatic heterocycles. The molecule has 3 amide bonds. The molecular formula is C25H22N2O5. The molecule has 32 heavy (non-hydrogen) atoms. The average Bonchev–Trinajstić information content (AvgIpc) is 3.08. The van der Waals surface area contributed by atoms with Crippen LogP contribution in [0.2, 0.25) is 0 Å². The molecule has 0 bridgehead atoms. The van der Waals surface area contributed by atoms with E-state index in [1.807, 2.05) is 30.3 Å². The Labute approximate surface area is 185 Å². The maximum Gasteiger partial charge on any atom is 0.262 e. The average molecular weight is 430 g/mol. The van der Waals surface area contributed by atoms with Crippen LogP contribution in [0.3, 0.4) is 0 Å². The van der Waals surface area contributed by atoms with Crippen molar-refractivity contribution in [2.45, 2.75) is 12.5 Å². The molecule has 0 aromatic heterocycles. The van der Waals surface area contributed by atoms with Gasteiger partial charge in [-0.15, -0.1) is 0 Å². The van der Waals surface area contributed by atoms with E-state index in [0.717, 1.165) is 10.5 Å². The molecule has 162 valence electrons. The number of carbonyl (C=O) groups is 3.